The van der Waals surface area contributed by atoms with E-state index in [0.29, 0.717) is 4.88 Å². The predicted molar refractivity (Wildman–Crippen MR) is 56.0 cm³/mol. The third kappa shape index (κ3) is 2.48. The Morgan fingerprint density at radius 1 is 1.50 bits per heavy atom. The molecule has 0 spiro atoms. The van der Waals surface area contributed by atoms with E-state index in [1.165, 1.54) is 11.3 Å². The van der Waals surface area contributed by atoms with Crippen LogP contribution in [-0.2, 0) is 16.6 Å². The number of thiophene rings is 1. The summed E-state index contributed by atoms with van der Waals surface area (Å²) < 4.78 is 0. The van der Waals surface area contributed by atoms with Crippen molar-refractivity contribution in [2.24, 2.45) is 0 Å². The van der Waals surface area contributed by atoms with Crippen molar-refractivity contribution in [3.8, 4) is 5.75 Å². The average Bonchev–Trinajstić information content (AvgIpc) is 2.30. The fourth-order valence-corrected chi connectivity index (χ4v) is 2.15. The highest BCUT2D eigenvalue weighted by Gasteiger charge is 2.20. The summed E-state index contributed by atoms with van der Waals surface area (Å²) in [7, 11) is 0. The van der Waals surface area contributed by atoms with Crippen molar-refractivity contribution in [3.05, 3.63) is 15.8 Å². The van der Waals surface area contributed by atoms with Crippen molar-refractivity contribution < 1.29 is 15.0 Å². The van der Waals surface area contributed by atoms with Gasteiger partial charge in [0.1, 0.15) is 5.75 Å². The Kier molecular flexibility index (Phi) is 2.85. The highest BCUT2D eigenvalue weighted by atomic mass is 32.1. The minimum Gasteiger partial charge on any atom is -0.507 e. The summed E-state index contributed by atoms with van der Waals surface area (Å²) in [5.74, 6) is -0.815. The molecule has 2 N–H and O–H groups in total. The van der Waals surface area contributed by atoms with Gasteiger partial charge in [-0.25, -0.2) is 0 Å². The Morgan fingerprint density at radius 2 is 2.07 bits per heavy atom. The van der Waals surface area contributed by atoms with Crippen LogP contribution in [0.1, 0.15) is 30.5 Å². The lowest BCUT2D eigenvalue weighted by Gasteiger charge is -2.14. The summed E-state index contributed by atoms with van der Waals surface area (Å²) in [6, 6.07) is 1.66. The first-order valence-electron chi connectivity index (χ1n) is 4.34. The molecule has 0 aromatic carbocycles. The minimum atomic E-state index is -0.914. The highest BCUT2D eigenvalue weighted by molar-refractivity contribution is 7.12. The molecule has 0 atom stereocenters. The predicted octanol–water partition coefficient (Wildman–Crippen LogP) is 2.38. The molecular formula is C10H14O3S. The van der Waals surface area contributed by atoms with Gasteiger partial charge < -0.3 is 10.2 Å². The maximum Gasteiger partial charge on any atom is 0.308 e. The number of hydrogen-bond donors (Lipinski definition) is 2. The molecular weight excluding hydrogens is 200 g/mol. The summed E-state index contributed by atoms with van der Waals surface area (Å²) in [5.41, 5.74) is -0.0428. The molecule has 0 amide bonds. The van der Waals surface area contributed by atoms with Crippen molar-refractivity contribution >= 4 is 17.3 Å². The van der Waals surface area contributed by atoms with Crippen molar-refractivity contribution in [3.63, 3.8) is 0 Å². The van der Waals surface area contributed by atoms with Crippen molar-refractivity contribution in [1.82, 2.24) is 0 Å². The van der Waals surface area contributed by atoms with Crippen LogP contribution in [0.3, 0.4) is 0 Å². The molecule has 0 aliphatic rings. The van der Waals surface area contributed by atoms with Crippen LogP contribution in [0, 0.1) is 0 Å². The molecule has 0 fully saturated rings. The highest BCUT2D eigenvalue weighted by Crippen LogP contribution is 2.36. The first kappa shape index (κ1) is 11.0. The maximum absolute atomic E-state index is 10.5. The number of carboxylic acids is 1. The molecule has 0 radical (unpaired) electrons. The Labute approximate surface area is 87.0 Å². The summed E-state index contributed by atoms with van der Waals surface area (Å²) in [4.78, 5) is 12.0. The van der Waals surface area contributed by atoms with Crippen molar-refractivity contribution in [2.75, 3.05) is 0 Å². The SMILES string of the molecule is CC(C)(C)c1cc(O)c(CC(=O)O)s1. The zero-order chi connectivity index (χ0) is 10.9. The van der Waals surface area contributed by atoms with E-state index in [2.05, 4.69) is 0 Å². The first-order chi connectivity index (χ1) is 6.30. The Balaban J connectivity index is 2.99. The molecule has 1 rings (SSSR count). The Hall–Kier alpha value is -1.03. The van der Waals surface area contributed by atoms with Crippen LogP contribution >= 0.6 is 11.3 Å². The molecule has 0 unspecified atom stereocenters. The van der Waals surface area contributed by atoms with Crippen LogP contribution in [0.5, 0.6) is 5.75 Å². The molecule has 14 heavy (non-hydrogen) atoms. The zero-order valence-corrected chi connectivity index (χ0v) is 9.31. The average molecular weight is 214 g/mol. The molecule has 0 saturated heterocycles. The second kappa shape index (κ2) is 3.61. The van der Waals surface area contributed by atoms with Gasteiger partial charge in [-0.1, -0.05) is 20.8 Å². The number of rotatable bonds is 2. The maximum atomic E-state index is 10.5. The number of hydrogen-bond acceptors (Lipinski definition) is 3. The molecule has 0 aliphatic carbocycles. The quantitative estimate of drug-likeness (QED) is 0.794. The second-order valence-corrected chi connectivity index (χ2v) is 5.38. The van der Waals surface area contributed by atoms with Crippen LogP contribution in [0.15, 0.2) is 6.07 Å². The van der Waals surface area contributed by atoms with Gasteiger partial charge in [-0.3, -0.25) is 4.79 Å². The summed E-state index contributed by atoms with van der Waals surface area (Å²) in [5, 5.41) is 18.1. The second-order valence-electron chi connectivity index (χ2n) is 4.24. The van der Waals surface area contributed by atoms with E-state index in [-0.39, 0.29) is 17.6 Å². The van der Waals surface area contributed by atoms with E-state index in [1.54, 1.807) is 6.07 Å². The summed E-state index contributed by atoms with van der Waals surface area (Å²) in [6.07, 6.45) is -0.105. The minimum absolute atomic E-state index is 0.0428. The third-order valence-electron chi connectivity index (χ3n) is 1.84. The lowest BCUT2D eigenvalue weighted by molar-refractivity contribution is -0.136. The van der Waals surface area contributed by atoms with Gasteiger partial charge in [0.25, 0.3) is 0 Å². The smallest absolute Gasteiger partial charge is 0.308 e. The van der Waals surface area contributed by atoms with Crippen LogP contribution in [-0.4, -0.2) is 16.2 Å². The number of carboxylic acid groups (broad SMARTS) is 1. The molecule has 4 heteroatoms. The Morgan fingerprint density at radius 3 is 2.43 bits per heavy atom. The van der Waals surface area contributed by atoms with Crippen LogP contribution < -0.4 is 0 Å². The van der Waals surface area contributed by atoms with E-state index in [4.69, 9.17) is 5.11 Å². The number of aliphatic carboxylic acids is 1. The van der Waals surface area contributed by atoms with E-state index in [9.17, 15) is 9.90 Å². The largest absolute Gasteiger partial charge is 0.507 e. The van der Waals surface area contributed by atoms with Crippen molar-refractivity contribution in [1.29, 1.82) is 0 Å². The van der Waals surface area contributed by atoms with Crippen molar-refractivity contribution in [2.45, 2.75) is 32.6 Å². The van der Waals surface area contributed by atoms with Gasteiger partial charge in [0, 0.05) is 4.88 Å². The first-order valence-corrected chi connectivity index (χ1v) is 5.16. The van der Waals surface area contributed by atoms with E-state index < -0.39 is 5.97 Å². The molecule has 78 valence electrons. The van der Waals surface area contributed by atoms with Gasteiger partial charge in [-0.2, -0.15) is 0 Å². The normalized spacial score (nSPS) is 11.6. The molecule has 1 aromatic heterocycles. The lowest BCUT2D eigenvalue weighted by Crippen LogP contribution is -2.07. The summed E-state index contributed by atoms with van der Waals surface area (Å²) >= 11 is 1.36. The van der Waals surface area contributed by atoms with Gasteiger partial charge in [-0.15, -0.1) is 11.3 Å². The van der Waals surface area contributed by atoms with Crippen LogP contribution in [0.25, 0.3) is 0 Å². The number of aromatic hydroxyl groups is 1. The van der Waals surface area contributed by atoms with E-state index in [1.807, 2.05) is 20.8 Å². The monoisotopic (exact) mass is 214 g/mol. The molecule has 0 aliphatic heterocycles. The zero-order valence-electron chi connectivity index (χ0n) is 8.50. The van der Waals surface area contributed by atoms with E-state index in [0.717, 1.165) is 4.88 Å². The molecule has 1 aromatic rings. The topological polar surface area (TPSA) is 57.5 Å². The molecule has 1 heterocycles. The van der Waals surface area contributed by atoms with Gasteiger partial charge in [-0.05, 0) is 11.5 Å². The van der Waals surface area contributed by atoms with Gasteiger partial charge in [0.2, 0.25) is 0 Å². The number of carbonyl (C=O) groups is 1. The van der Waals surface area contributed by atoms with Gasteiger partial charge in [0.15, 0.2) is 0 Å². The van der Waals surface area contributed by atoms with E-state index >= 15 is 0 Å². The van der Waals surface area contributed by atoms with Gasteiger partial charge >= 0.3 is 5.97 Å². The standard InChI is InChI=1S/C10H14O3S/c1-10(2,3)8-4-6(11)7(14-8)5-9(12)13/h4,11H,5H2,1-3H3,(H,12,13). The van der Waals surface area contributed by atoms with Crippen LogP contribution in [0.2, 0.25) is 0 Å². The lowest BCUT2D eigenvalue weighted by atomic mass is 9.95. The fourth-order valence-electron chi connectivity index (χ4n) is 1.05. The molecule has 0 saturated carbocycles. The van der Waals surface area contributed by atoms with Crippen LogP contribution in [0.4, 0.5) is 0 Å². The fraction of sp³-hybridized carbons (Fsp3) is 0.500. The Bertz CT molecular complexity index is 347. The van der Waals surface area contributed by atoms with Gasteiger partial charge in [0.05, 0.1) is 11.3 Å². The third-order valence-corrected chi connectivity index (χ3v) is 3.39. The molecule has 0 bridgehead atoms. The molecule has 3 nitrogen and oxygen atoms in total. The summed E-state index contributed by atoms with van der Waals surface area (Å²) in [6.45, 7) is 6.09.